The highest BCUT2D eigenvalue weighted by atomic mass is 35.5. The van der Waals surface area contributed by atoms with Gasteiger partial charge in [-0.05, 0) is 25.5 Å². The molecular formula is C20H23Cl2NO5. The Balaban J connectivity index is 2.67. The van der Waals surface area contributed by atoms with Crippen molar-refractivity contribution in [1.29, 1.82) is 0 Å². The molecule has 0 aromatic heterocycles. The molecule has 1 aromatic carbocycles. The van der Waals surface area contributed by atoms with Gasteiger partial charge in [0.25, 0.3) is 0 Å². The SMILES string of the molecule is CCOC(=O)C1=C(COCCCl)N=C(C)C(C(=O)OC)C1c1ccccc1Cl. The van der Waals surface area contributed by atoms with Crippen molar-refractivity contribution in [2.75, 3.05) is 32.8 Å². The number of hydrogen-bond acceptors (Lipinski definition) is 6. The summed E-state index contributed by atoms with van der Waals surface area (Å²) in [6, 6.07) is 7.06. The van der Waals surface area contributed by atoms with Crippen molar-refractivity contribution in [3.8, 4) is 0 Å². The lowest BCUT2D eigenvalue weighted by Crippen LogP contribution is -2.37. The molecule has 1 aliphatic heterocycles. The summed E-state index contributed by atoms with van der Waals surface area (Å²) in [5.41, 5.74) is 1.76. The Kier molecular flexibility index (Phi) is 8.48. The van der Waals surface area contributed by atoms with E-state index >= 15 is 0 Å². The molecule has 0 radical (unpaired) electrons. The summed E-state index contributed by atoms with van der Waals surface area (Å²) in [4.78, 5) is 29.9. The Bertz CT molecular complexity index is 791. The first-order valence-electron chi connectivity index (χ1n) is 8.87. The van der Waals surface area contributed by atoms with Crippen molar-refractivity contribution in [3.63, 3.8) is 0 Å². The molecule has 8 heteroatoms. The number of ether oxygens (including phenoxy) is 3. The first-order chi connectivity index (χ1) is 13.5. The van der Waals surface area contributed by atoms with E-state index in [0.29, 0.717) is 34.5 Å². The molecule has 2 rings (SSSR count). The molecule has 0 saturated carbocycles. The first kappa shape index (κ1) is 22.4. The summed E-state index contributed by atoms with van der Waals surface area (Å²) in [6.07, 6.45) is 0. The Morgan fingerprint density at radius 3 is 2.57 bits per heavy atom. The molecule has 28 heavy (non-hydrogen) atoms. The summed E-state index contributed by atoms with van der Waals surface area (Å²) in [7, 11) is 1.30. The van der Waals surface area contributed by atoms with Crippen LogP contribution < -0.4 is 0 Å². The Morgan fingerprint density at radius 1 is 1.25 bits per heavy atom. The minimum absolute atomic E-state index is 0.0626. The van der Waals surface area contributed by atoms with Crippen LogP contribution in [0.5, 0.6) is 0 Å². The maximum atomic E-state index is 12.9. The normalized spacial score (nSPS) is 19.2. The minimum atomic E-state index is -0.805. The summed E-state index contributed by atoms with van der Waals surface area (Å²) < 4.78 is 15.8. The molecule has 0 fully saturated rings. The van der Waals surface area contributed by atoms with Crippen molar-refractivity contribution in [3.05, 3.63) is 46.1 Å². The highest BCUT2D eigenvalue weighted by molar-refractivity contribution is 6.31. The number of halogens is 2. The second-order valence-electron chi connectivity index (χ2n) is 6.08. The zero-order chi connectivity index (χ0) is 20.7. The number of carbonyl (C=O) groups excluding carboxylic acids is 2. The van der Waals surface area contributed by atoms with Crippen molar-refractivity contribution in [1.82, 2.24) is 0 Å². The largest absolute Gasteiger partial charge is 0.468 e. The number of carbonyl (C=O) groups is 2. The van der Waals surface area contributed by atoms with Crippen molar-refractivity contribution < 1.29 is 23.8 Å². The molecule has 1 aromatic rings. The zero-order valence-electron chi connectivity index (χ0n) is 16.0. The predicted molar refractivity (Wildman–Crippen MR) is 108 cm³/mol. The number of alkyl halides is 1. The summed E-state index contributed by atoms with van der Waals surface area (Å²) in [5, 5.41) is 0.430. The third-order valence-electron chi connectivity index (χ3n) is 4.37. The predicted octanol–water partition coefficient (Wildman–Crippen LogP) is 3.76. The summed E-state index contributed by atoms with van der Waals surface area (Å²) >= 11 is 12.1. The van der Waals surface area contributed by atoms with Gasteiger partial charge < -0.3 is 14.2 Å². The summed E-state index contributed by atoms with van der Waals surface area (Å²) in [5.74, 6) is -2.27. The van der Waals surface area contributed by atoms with Gasteiger partial charge in [-0.25, -0.2) is 4.79 Å². The van der Waals surface area contributed by atoms with Gasteiger partial charge in [0.1, 0.15) is 5.92 Å². The molecule has 0 spiro atoms. The molecule has 0 aliphatic carbocycles. The highest BCUT2D eigenvalue weighted by Gasteiger charge is 2.43. The molecule has 2 atom stereocenters. The van der Waals surface area contributed by atoms with Crippen LogP contribution in [0, 0.1) is 5.92 Å². The molecule has 1 heterocycles. The van der Waals surface area contributed by atoms with Crippen molar-refractivity contribution in [2.24, 2.45) is 10.9 Å². The minimum Gasteiger partial charge on any atom is -0.468 e. The lowest BCUT2D eigenvalue weighted by atomic mass is 9.75. The van der Waals surface area contributed by atoms with Crippen LogP contribution in [0.2, 0.25) is 5.02 Å². The van der Waals surface area contributed by atoms with Gasteiger partial charge in [0.05, 0.1) is 38.2 Å². The number of methoxy groups -OCH3 is 1. The number of rotatable bonds is 8. The van der Waals surface area contributed by atoms with E-state index in [-0.39, 0.29) is 18.8 Å². The van der Waals surface area contributed by atoms with Crippen LogP contribution in [-0.2, 0) is 23.8 Å². The average molecular weight is 428 g/mol. The molecule has 6 nitrogen and oxygen atoms in total. The number of benzene rings is 1. The maximum Gasteiger partial charge on any atom is 0.336 e. The van der Waals surface area contributed by atoms with E-state index in [1.54, 1.807) is 38.1 Å². The van der Waals surface area contributed by atoms with E-state index in [2.05, 4.69) is 4.99 Å². The topological polar surface area (TPSA) is 74.2 Å². The zero-order valence-corrected chi connectivity index (χ0v) is 17.5. The van der Waals surface area contributed by atoms with Gasteiger partial charge in [-0.1, -0.05) is 29.8 Å². The molecule has 0 N–H and O–H groups in total. The molecule has 1 aliphatic rings. The van der Waals surface area contributed by atoms with E-state index in [1.807, 2.05) is 0 Å². The monoisotopic (exact) mass is 427 g/mol. The maximum absolute atomic E-state index is 12.9. The standard InChI is InChI=1S/C20H23Cl2NO5/c1-4-28-20(25)18-15(11-27-10-9-21)23-12(2)16(19(24)26-3)17(18)13-7-5-6-8-14(13)22/h5-8,16-17H,4,9-11H2,1-3H3. The smallest absolute Gasteiger partial charge is 0.336 e. The van der Waals surface area contributed by atoms with Gasteiger partial charge in [0.15, 0.2) is 0 Å². The van der Waals surface area contributed by atoms with Gasteiger partial charge in [-0.2, -0.15) is 0 Å². The fourth-order valence-electron chi connectivity index (χ4n) is 3.21. The fraction of sp³-hybridized carbons (Fsp3) is 0.450. The Labute approximate surface area is 174 Å². The Morgan fingerprint density at radius 2 is 1.96 bits per heavy atom. The van der Waals surface area contributed by atoms with E-state index in [9.17, 15) is 9.59 Å². The van der Waals surface area contributed by atoms with Crippen LogP contribution >= 0.6 is 23.2 Å². The number of esters is 2. The fourth-order valence-corrected chi connectivity index (χ4v) is 3.58. The number of nitrogens with zero attached hydrogens (tertiary/aromatic N) is 1. The summed E-state index contributed by atoms with van der Waals surface area (Å²) in [6.45, 7) is 3.97. The molecule has 0 bridgehead atoms. The van der Waals surface area contributed by atoms with E-state index in [0.717, 1.165) is 0 Å². The Hall–Kier alpha value is -1.89. The van der Waals surface area contributed by atoms with Crippen LogP contribution in [0.3, 0.4) is 0 Å². The van der Waals surface area contributed by atoms with E-state index in [4.69, 9.17) is 37.4 Å². The first-order valence-corrected chi connectivity index (χ1v) is 9.78. The third kappa shape index (κ3) is 4.93. The van der Waals surface area contributed by atoms with E-state index in [1.165, 1.54) is 7.11 Å². The number of hydrogen-bond donors (Lipinski definition) is 0. The lowest BCUT2D eigenvalue weighted by molar-refractivity contribution is -0.144. The van der Waals surface area contributed by atoms with Crippen molar-refractivity contribution in [2.45, 2.75) is 19.8 Å². The van der Waals surface area contributed by atoms with Crippen LogP contribution in [0.1, 0.15) is 25.3 Å². The van der Waals surface area contributed by atoms with Crippen LogP contribution in [0.25, 0.3) is 0 Å². The second-order valence-corrected chi connectivity index (χ2v) is 6.86. The van der Waals surface area contributed by atoms with Gasteiger partial charge in [0, 0.05) is 22.5 Å². The quantitative estimate of drug-likeness (QED) is 0.358. The van der Waals surface area contributed by atoms with Gasteiger partial charge in [-0.15, -0.1) is 11.6 Å². The van der Waals surface area contributed by atoms with E-state index < -0.39 is 23.8 Å². The molecule has 2 unspecified atom stereocenters. The van der Waals surface area contributed by atoms with Crippen molar-refractivity contribution >= 4 is 40.9 Å². The van der Waals surface area contributed by atoms with Crippen LogP contribution in [0.15, 0.2) is 40.5 Å². The van der Waals surface area contributed by atoms with Crippen LogP contribution in [0.4, 0.5) is 0 Å². The average Bonchev–Trinajstić information content (AvgIpc) is 2.67. The third-order valence-corrected chi connectivity index (χ3v) is 4.87. The molecule has 0 saturated heterocycles. The lowest BCUT2D eigenvalue weighted by Gasteiger charge is -2.32. The highest BCUT2D eigenvalue weighted by Crippen LogP contribution is 2.42. The number of aliphatic imine (C=N–C) groups is 1. The van der Waals surface area contributed by atoms with Gasteiger partial charge in [0.2, 0.25) is 0 Å². The molecular weight excluding hydrogens is 405 g/mol. The molecule has 0 amide bonds. The van der Waals surface area contributed by atoms with Gasteiger partial charge >= 0.3 is 11.9 Å². The van der Waals surface area contributed by atoms with Gasteiger partial charge in [-0.3, -0.25) is 9.79 Å². The van der Waals surface area contributed by atoms with Crippen LogP contribution in [-0.4, -0.2) is 50.5 Å². The molecule has 152 valence electrons. The second kappa shape index (κ2) is 10.6.